The highest BCUT2D eigenvalue weighted by atomic mass is 16.5. The van der Waals surface area contributed by atoms with Gasteiger partial charge in [0.25, 0.3) is 0 Å². The van der Waals surface area contributed by atoms with Crippen LogP contribution in [0.4, 0.5) is 0 Å². The van der Waals surface area contributed by atoms with Crippen molar-refractivity contribution in [2.75, 3.05) is 0 Å². The van der Waals surface area contributed by atoms with E-state index in [1.54, 1.807) is 0 Å². The largest absolute Gasteiger partial charge is 0.462 e. The van der Waals surface area contributed by atoms with E-state index in [1.807, 2.05) is 0 Å². The standard InChI is InChI=1S/C10H18O2/c1-7(2)9-6-8(3)4-5-10(11)12-9/h7-9H,4-6H2,1-3H3/t8-,9-/m0/s1. The Morgan fingerprint density at radius 2 is 2.17 bits per heavy atom. The second-order valence-corrected chi connectivity index (χ2v) is 4.15. The highest BCUT2D eigenvalue weighted by Crippen LogP contribution is 2.24. The molecule has 0 spiro atoms. The summed E-state index contributed by atoms with van der Waals surface area (Å²) < 4.78 is 5.30. The molecule has 0 N–H and O–H groups in total. The average molecular weight is 170 g/mol. The zero-order valence-electron chi connectivity index (χ0n) is 8.17. The molecule has 0 aromatic heterocycles. The summed E-state index contributed by atoms with van der Waals surface area (Å²) in [6, 6.07) is 0. The quantitative estimate of drug-likeness (QED) is 0.565. The first-order valence-electron chi connectivity index (χ1n) is 4.79. The minimum Gasteiger partial charge on any atom is -0.462 e. The van der Waals surface area contributed by atoms with Crippen LogP contribution in [-0.4, -0.2) is 12.1 Å². The van der Waals surface area contributed by atoms with Crippen LogP contribution >= 0.6 is 0 Å². The number of ether oxygens (including phenoxy) is 1. The molecule has 12 heavy (non-hydrogen) atoms. The van der Waals surface area contributed by atoms with Gasteiger partial charge in [0, 0.05) is 6.42 Å². The van der Waals surface area contributed by atoms with E-state index in [2.05, 4.69) is 20.8 Å². The van der Waals surface area contributed by atoms with Gasteiger partial charge in [0.2, 0.25) is 0 Å². The van der Waals surface area contributed by atoms with Gasteiger partial charge >= 0.3 is 5.97 Å². The maximum absolute atomic E-state index is 11.1. The topological polar surface area (TPSA) is 26.3 Å². The number of esters is 1. The van der Waals surface area contributed by atoms with Gasteiger partial charge in [-0.3, -0.25) is 4.79 Å². The van der Waals surface area contributed by atoms with Crippen LogP contribution in [0.25, 0.3) is 0 Å². The summed E-state index contributed by atoms with van der Waals surface area (Å²) in [4.78, 5) is 11.1. The molecule has 2 nitrogen and oxygen atoms in total. The summed E-state index contributed by atoms with van der Waals surface area (Å²) in [6.45, 7) is 6.41. The molecule has 0 saturated carbocycles. The highest BCUT2D eigenvalue weighted by Gasteiger charge is 2.24. The van der Waals surface area contributed by atoms with Crippen molar-refractivity contribution in [3.8, 4) is 0 Å². The van der Waals surface area contributed by atoms with Gasteiger partial charge in [0.15, 0.2) is 0 Å². The Morgan fingerprint density at radius 3 is 2.75 bits per heavy atom. The normalized spacial score (nSPS) is 31.5. The Bertz CT molecular complexity index is 163. The van der Waals surface area contributed by atoms with E-state index in [9.17, 15) is 4.79 Å². The lowest BCUT2D eigenvalue weighted by Gasteiger charge is -2.20. The Labute approximate surface area is 74.3 Å². The van der Waals surface area contributed by atoms with E-state index in [-0.39, 0.29) is 12.1 Å². The third-order valence-corrected chi connectivity index (χ3v) is 2.50. The van der Waals surface area contributed by atoms with Gasteiger partial charge in [0.1, 0.15) is 6.10 Å². The zero-order chi connectivity index (χ0) is 9.14. The van der Waals surface area contributed by atoms with Gasteiger partial charge in [0.05, 0.1) is 0 Å². The van der Waals surface area contributed by atoms with E-state index in [0.717, 1.165) is 12.8 Å². The summed E-state index contributed by atoms with van der Waals surface area (Å²) in [7, 11) is 0. The molecule has 1 aliphatic heterocycles. The molecule has 0 amide bonds. The lowest BCUT2D eigenvalue weighted by Crippen LogP contribution is -2.22. The van der Waals surface area contributed by atoms with E-state index >= 15 is 0 Å². The van der Waals surface area contributed by atoms with E-state index < -0.39 is 0 Å². The lowest BCUT2D eigenvalue weighted by atomic mass is 9.94. The number of rotatable bonds is 1. The second kappa shape index (κ2) is 3.92. The summed E-state index contributed by atoms with van der Waals surface area (Å²) in [5, 5.41) is 0. The Balaban J connectivity index is 2.55. The van der Waals surface area contributed by atoms with E-state index in [4.69, 9.17) is 4.74 Å². The second-order valence-electron chi connectivity index (χ2n) is 4.15. The molecule has 1 aliphatic rings. The molecule has 1 rings (SSSR count). The van der Waals surface area contributed by atoms with Crippen molar-refractivity contribution in [2.45, 2.75) is 46.1 Å². The molecule has 0 aromatic carbocycles. The predicted molar refractivity (Wildman–Crippen MR) is 47.7 cm³/mol. The van der Waals surface area contributed by atoms with E-state index in [1.165, 1.54) is 0 Å². The molecule has 70 valence electrons. The molecule has 1 fully saturated rings. The zero-order valence-corrected chi connectivity index (χ0v) is 8.17. The van der Waals surface area contributed by atoms with Crippen molar-refractivity contribution in [1.82, 2.24) is 0 Å². The molecule has 0 aliphatic carbocycles. The summed E-state index contributed by atoms with van der Waals surface area (Å²) in [5.74, 6) is 1.07. The molecule has 0 radical (unpaired) electrons. The number of carbonyl (C=O) groups is 1. The maximum atomic E-state index is 11.1. The van der Waals surface area contributed by atoms with Crippen molar-refractivity contribution < 1.29 is 9.53 Å². The van der Waals surface area contributed by atoms with Crippen LogP contribution in [-0.2, 0) is 9.53 Å². The maximum Gasteiger partial charge on any atom is 0.306 e. The first-order chi connectivity index (χ1) is 5.59. The molecule has 0 aromatic rings. The van der Waals surface area contributed by atoms with Crippen LogP contribution in [0.2, 0.25) is 0 Å². The van der Waals surface area contributed by atoms with Gasteiger partial charge in [-0.2, -0.15) is 0 Å². The van der Waals surface area contributed by atoms with Crippen LogP contribution < -0.4 is 0 Å². The molecular formula is C10H18O2. The summed E-state index contributed by atoms with van der Waals surface area (Å²) in [5.41, 5.74) is 0. The molecule has 0 bridgehead atoms. The summed E-state index contributed by atoms with van der Waals surface area (Å²) in [6.07, 6.45) is 2.77. The first kappa shape index (κ1) is 9.56. The van der Waals surface area contributed by atoms with Crippen molar-refractivity contribution in [1.29, 1.82) is 0 Å². The Morgan fingerprint density at radius 1 is 1.50 bits per heavy atom. The van der Waals surface area contributed by atoms with Crippen molar-refractivity contribution >= 4 is 5.97 Å². The third-order valence-electron chi connectivity index (χ3n) is 2.50. The molecule has 1 saturated heterocycles. The SMILES string of the molecule is CC(C)[C@@H]1C[C@@H](C)CCC(=O)O1. The van der Waals surface area contributed by atoms with Crippen LogP contribution in [0.5, 0.6) is 0 Å². The molecule has 2 heteroatoms. The lowest BCUT2D eigenvalue weighted by molar-refractivity contribution is -0.150. The van der Waals surface area contributed by atoms with Gasteiger partial charge in [-0.15, -0.1) is 0 Å². The highest BCUT2D eigenvalue weighted by molar-refractivity contribution is 5.69. The number of cyclic esters (lactones) is 1. The smallest absolute Gasteiger partial charge is 0.306 e. The number of carbonyl (C=O) groups excluding carboxylic acids is 1. The van der Waals surface area contributed by atoms with Gasteiger partial charge in [-0.05, 0) is 24.7 Å². The van der Waals surface area contributed by atoms with Crippen molar-refractivity contribution in [2.24, 2.45) is 11.8 Å². The van der Waals surface area contributed by atoms with Crippen LogP contribution in [0.3, 0.4) is 0 Å². The number of hydrogen-bond donors (Lipinski definition) is 0. The van der Waals surface area contributed by atoms with Crippen molar-refractivity contribution in [3.05, 3.63) is 0 Å². The van der Waals surface area contributed by atoms with Crippen LogP contribution in [0, 0.1) is 11.8 Å². The van der Waals surface area contributed by atoms with Crippen molar-refractivity contribution in [3.63, 3.8) is 0 Å². The number of hydrogen-bond acceptors (Lipinski definition) is 2. The fourth-order valence-corrected chi connectivity index (χ4v) is 1.56. The fraction of sp³-hybridized carbons (Fsp3) is 0.900. The molecule has 2 atom stereocenters. The van der Waals surface area contributed by atoms with Crippen LogP contribution in [0.1, 0.15) is 40.0 Å². The van der Waals surface area contributed by atoms with E-state index in [0.29, 0.717) is 18.3 Å². The minimum absolute atomic E-state index is 0.0157. The molecule has 0 unspecified atom stereocenters. The Hall–Kier alpha value is -0.530. The third kappa shape index (κ3) is 2.50. The molecule has 1 heterocycles. The summed E-state index contributed by atoms with van der Waals surface area (Å²) >= 11 is 0. The molecular weight excluding hydrogens is 152 g/mol. The Kier molecular flexibility index (Phi) is 3.12. The predicted octanol–water partition coefficient (Wildman–Crippen LogP) is 2.37. The van der Waals surface area contributed by atoms with Gasteiger partial charge in [-0.25, -0.2) is 0 Å². The fourth-order valence-electron chi connectivity index (χ4n) is 1.56. The van der Waals surface area contributed by atoms with Gasteiger partial charge < -0.3 is 4.74 Å². The average Bonchev–Trinajstić information content (AvgIpc) is 2.13. The van der Waals surface area contributed by atoms with Crippen LogP contribution in [0.15, 0.2) is 0 Å². The first-order valence-corrected chi connectivity index (χ1v) is 4.79. The monoisotopic (exact) mass is 170 g/mol. The van der Waals surface area contributed by atoms with Gasteiger partial charge in [-0.1, -0.05) is 20.8 Å². The minimum atomic E-state index is -0.0157.